The maximum atomic E-state index is 12.1. The van der Waals surface area contributed by atoms with E-state index >= 15 is 0 Å². The lowest BCUT2D eigenvalue weighted by molar-refractivity contribution is -0.0499. The molecule has 2 atom stereocenters. The highest BCUT2D eigenvalue weighted by molar-refractivity contribution is 5.30. The molecule has 0 aliphatic carbocycles. The highest BCUT2D eigenvalue weighted by Crippen LogP contribution is 2.21. The first kappa shape index (κ1) is 13.9. The van der Waals surface area contributed by atoms with E-state index in [1.165, 1.54) is 6.07 Å². The Morgan fingerprint density at radius 1 is 1.29 bits per heavy atom. The van der Waals surface area contributed by atoms with Crippen LogP contribution in [-0.4, -0.2) is 12.7 Å². The predicted molar refractivity (Wildman–Crippen MR) is 64.4 cm³/mol. The van der Waals surface area contributed by atoms with Crippen LogP contribution in [0.1, 0.15) is 38.8 Å². The van der Waals surface area contributed by atoms with Crippen LogP contribution < -0.4 is 10.1 Å². The second kappa shape index (κ2) is 6.55. The van der Waals surface area contributed by atoms with E-state index < -0.39 is 6.61 Å². The van der Waals surface area contributed by atoms with Crippen LogP contribution in [0.3, 0.4) is 0 Å². The van der Waals surface area contributed by atoms with Crippen LogP contribution in [0.5, 0.6) is 5.75 Å². The van der Waals surface area contributed by atoms with Crippen LogP contribution in [0.2, 0.25) is 0 Å². The van der Waals surface area contributed by atoms with Gasteiger partial charge in [-0.05, 0) is 38.0 Å². The minimum Gasteiger partial charge on any atom is -0.435 e. The monoisotopic (exact) mass is 243 g/mol. The van der Waals surface area contributed by atoms with Gasteiger partial charge in [0.25, 0.3) is 0 Å². The summed E-state index contributed by atoms with van der Waals surface area (Å²) in [7, 11) is 0. The van der Waals surface area contributed by atoms with Gasteiger partial charge in [-0.1, -0.05) is 19.1 Å². The maximum Gasteiger partial charge on any atom is 0.387 e. The van der Waals surface area contributed by atoms with Gasteiger partial charge in [0.2, 0.25) is 0 Å². The molecule has 0 heterocycles. The highest BCUT2D eigenvalue weighted by Gasteiger charge is 2.10. The Labute approximate surface area is 101 Å². The Balaban J connectivity index is 2.70. The van der Waals surface area contributed by atoms with E-state index in [4.69, 9.17) is 0 Å². The van der Waals surface area contributed by atoms with Gasteiger partial charge in [-0.25, -0.2) is 0 Å². The van der Waals surface area contributed by atoms with Crippen molar-refractivity contribution < 1.29 is 13.5 Å². The molecular formula is C13H19F2NO. The van der Waals surface area contributed by atoms with Crippen molar-refractivity contribution >= 4 is 0 Å². The zero-order valence-corrected chi connectivity index (χ0v) is 10.4. The van der Waals surface area contributed by atoms with E-state index in [1.54, 1.807) is 12.1 Å². The SMILES string of the molecule is CCC(C)NC(C)c1cccc(OC(F)F)c1. The maximum absolute atomic E-state index is 12.1. The number of alkyl halides is 2. The van der Waals surface area contributed by atoms with Crippen molar-refractivity contribution in [3.63, 3.8) is 0 Å². The molecule has 0 amide bonds. The zero-order chi connectivity index (χ0) is 12.8. The quantitative estimate of drug-likeness (QED) is 0.821. The Morgan fingerprint density at radius 2 is 2.00 bits per heavy atom. The third-order valence-corrected chi connectivity index (χ3v) is 2.73. The lowest BCUT2D eigenvalue weighted by atomic mass is 10.1. The molecule has 0 bridgehead atoms. The summed E-state index contributed by atoms with van der Waals surface area (Å²) in [5.41, 5.74) is 0.948. The first-order valence-corrected chi connectivity index (χ1v) is 5.83. The number of hydrogen-bond acceptors (Lipinski definition) is 2. The number of hydrogen-bond donors (Lipinski definition) is 1. The van der Waals surface area contributed by atoms with Gasteiger partial charge < -0.3 is 10.1 Å². The molecule has 17 heavy (non-hydrogen) atoms. The van der Waals surface area contributed by atoms with Crippen LogP contribution in [-0.2, 0) is 0 Å². The van der Waals surface area contributed by atoms with Gasteiger partial charge in [-0.3, -0.25) is 0 Å². The molecule has 0 aliphatic heterocycles. The molecule has 2 nitrogen and oxygen atoms in total. The van der Waals surface area contributed by atoms with E-state index in [-0.39, 0.29) is 11.8 Å². The van der Waals surface area contributed by atoms with Crippen molar-refractivity contribution in [1.29, 1.82) is 0 Å². The number of rotatable bonds is 6. The van der Waals surface area contributed by atoms with Gasteiger partial charge in [0.05, 0.1) is 0 Å². The van der Waals surface area contributed by atoms with Gasteiger partial charge >= 0.3 is 6.61 Å². The summed E-state index contributed by atoms with van der Waals surface area (Å²) in [4.78, 5) is 0. The van der Waals surface area contributed by atoms with Crippen molar-refractivity contribution in [2.75, 3.05) is 0 Å². The number of benzene rings is 1. The van der Waals surface area contributed by atoms with E-state index in [1.807, 2.05) is 13.0 Å². The number of ether oxygens (including phenoxy) is 1. The highest BCUT2D eigenvalue weighted by atomic mass is 19.3. The average molecular weight is 243 g/mol. The lowest BCUT2D eigenvalue weighted by Gasteiger charge is -2.19. The largest absolute Gasteiger partial charge is 0.435 e. The second-order valence-corrected chi connectivity index (χ2v) is 4.15. The van der Waals surface area contributed by atoms with Crippen LogP contribution in [0.25, 0.3) is 0 Å². The topological polar surface area (TPSA) is 21.3 Å². The summed E-state index contributed by atoms with van der Waals surface area (Å²) in [6, 6.07) is 7.31. The zero-order valence-electron chi connectivity index (χ0n) is 10.4. The van der Waals surface area contributed by atoms with Crippen LogP contribution in [0.4, 0.5) is 8.78 Å². The first-order chi connectivity index (χ1) is 8.02. The van der Waals surface area contributed by atoms with Gasteiger partial charge in [0.1, 0.15) is 5.75 Å². The fourth-order valence-electron chi connectivity index (χ4n) is 1.60. The van der Waals surface area contributed by atoms with Gasteiger partial charge in [-0.15, -0.1) is 0 Å². The molecule has 0 fully saturated rings. The fourth-order valence-corrected chi connectivity index (χ4v) is 1.60. The molecule has 2 unspecified atom stereocenters. The summed E-state index contributed by atoms with van der Waals surface area (Å²) in [5.74, 6) is 0.204. The molecule has 1 aromatic rings. The third kappa shape index (κ3) is 4.69. The molecular weight excluding hydrogens is 224 g/mol. The normalized spacial score (nSPS) is 14.7. The van der Waals surface area contributed by atoms with Crippen LogP contribution in [0, 0.1) is 0 Å². The Hall–Kier alpha value is -1.16. The van der Waals surface area contributed by atoms with Gasteiger partial charge in [0, 0.05) is 12.1 Å². The molecule has 0 aromatic heterocycles. The predicted octanol–water partition coefficient (Wildman–Crippen LogP) is 3.74. The summed E-state index contributed by atoms with van der Waals surface area (Å²) >= 11 is 0. The van der Waals surface area contributed by atoms with E-state index in [0.29, 0.717) is 6.04 Å². The summed E-state index contributed by atoms with van der Waals surface area (Å²) in [5, 5.41) is 3.38. The molecule has 0 aliphatic rings. The molecule has 0 spiro atoms. The van der Waals surface area contributed by atoms with E-state index in [2.05, 4.69) is 23.9 Å². The Kier molecular flexibility index (Phi) is 5.35. The summed E-state index contributed by atoms with van der Waals surface area (Å²) in [6.07, 6.45) is 1.03. The molecule has 0 saturated heterocycles. The molecule has 96 valence electrons. The molecule has 1 aromatic carbocycles. The van der Waals surface area contributed by atoms with Gasteiger partial charge in [0.15, 0.2) is 0 Å². The van der Waals surface area contributed by atoms with Crippen molar-refractivity contribution in [1.82, 2.24) is 5.32 Å². The standard InChI is InChI=1S/C13H19F2NO/c1-4-9(2)16-10(3)11-6-5-7-12(8-11)17-13(14)15/h5-10,13,16H,4H2,1-3H3. The van der Waals surface area contributed by atoms with Crippen LogP contribution in [0.15, 0.2) is 24.3 Å². The smallest absolute Gasteiger partial charge is 0.387 e. The average Bonchev–Trinajstić information content (AvgIpc) is 2.28. The molecule has 0 radical (unpaired) electrons. The minimum atomic E-state index is -2.77. The van der Waals surface area contributed by atoms with Crippen molar-refractivity contribution in [3.05, 3.63) is 29.8 Å². The fraction of sp³-hybridized carbons (Fsp3) is 0.538. The molecule has 4 heteroatoms. The molecule has 1 rings (SSSR count). The van der Waals surface area contributed by atoms with Crippen molar-refractivity contribution in [3.8, 4) is 5.75 Å². The first-order valence-electron chi connectivity index (χ1n) is 5.83. The van der Waals surface area contributed by atoms with E-state index in [0.717, 1.165) is 12.0 Å². The summed E-state index contributed by atoms with van der Waals surface area (Å²) < 4.78 is 28.5. The number of halogens is 2. The van der Waals surface area contributed by atoms with Gasteiger partial charge in [-0.2, -0.15) is 8.78 Å². The third-order valence-electron chi connectivity index (χ3n) is 2.73. The second-order valence-electron chi connectivity index (χ2n) is 4.15. The lowest BCUT2D eigenvalue weighted by Crippen LogP contribution is -2.28. The van der Waals surface area contributed by atoms with Crippen LogP contribution >= 0.6 is 0 Å². The van der Waals surface area contributed by atoms with Crippen molar-refractivity contribution in [2.24, 2.45) is 0 Å². The Bertz CT molecular complexity index is 344. The molecule has 1 N–H and O–H groups in total. The summed E-state index contributed by atoms with van der Waals surface area (Å²) in [6.45, 7) is 3.42. The Morgan fingerprint density at radius 3 is 2.59 bits per heavy atom. The minimum absolute atomic E-state index is 0.117. The van der Waals surface area contributed by atoms with E-state index in [9.17, 15) is 8.78 Å². The molecule has 0 saturated carbocycles. The number of nitrogens with one attached hydrogen (secondary N) is 1. The van der Waals surface area contributed by atoms with Crippen molar-refractivity contribution in [2.45, 2.75) is 45.9 Å².